The minimum atomic E-state index is -0.582. The van der Waals surface area contributed by atoms with Crippen LogP contribution in [0.15, 0.2) is 29.0 Å². The number of halogens is 1. The summed E-state index contributed by atoms with van der Waals surface area (Å²) in [4.78, 5) is 8.78. The molecule has 0 saturated carbocycles. The van der Waals surface area contributed by atoms with Crippen LogP contribution in [0.4, 0.5) is 4.39 Å². The normalized spacial score (nSPS) is 17.3. The molecule has 0 amide bonds. The molecule has 1 saturated heterocycles. The largest absolute Gasteiger partial charge is 0.618 e. The molecule has 1 atom stereocenters. The van der Waals surface area contributed by atoms with Gasteiger partial charge >= 0.3 is 0 Å². The minimum absolute atomic E-state index is 0.0290. The van der Waals surface area contributed by atoms with Crippen LogP contribution in [0.2, 0.25) is 0 Å². The maximum absolute atomic E-state index is 14.2. The average Bonchev–Trinajstić information content (AvgIpc) is 3.40. The lowest BCUT2D eigenvalue weighted by molar-refractivity contribution is -0.584. The van der Waals surface area contributed by atoms with Crippen LogP contribution < -0.4 is 4.73 Å². The van der Waals surface area contributed by atoms with Crippen LogP contribution in [0.3, 0.4) is 0 Å². The van der Waals surface area contributed by atoms with Gasteiger partial charge < -0.3 is 14.5 Å². The summed E-state index contributed by atoms with van der Waals surface area (Å²) in [5.41, 5.74) is 1.65. The van der Waals surface area contributed by atoms with Crippen LogP contribution >= 0.6 is 0 Å². The minimum Gasteiger partial charge on any atom is -0.618 e. The molecule has 0 N–H and O–H groups in total. The van der Waals surface area contributed by atoms with Crippen molar-refractivity contribution in [1.29, 1.82) is 0 Å². The van der Waals surface area contributed by atoms with E-state index in [0.717, 1.165) is 19.4 Å². The van der Waals surface area contributed by atoms with E-state index in [4.69, 9.17) is 9.26 Å². The Hall–Kier alpha value is -3.07. The molecule has 5 rings (SSSR count). The number of nitrogens with zero attached hydrogens (tertiary/aromatic N) is 5. The van der Waals surface area contributed by atoms with Crippen molar-refractivity contribution in [3.05, 3.63) is 47.1 Å². The molecule has 0 aliphatic carbocycles. The quantitative estimate of drug-likeness (QED) is 0.407. The van der Waals surface area contributed by atoms with Gasteiger partial charge in [0.25, 0.3) is 5.52 Å². The summed E-state index contributed by atoms with van der Waals surface area (Å²) in [5.74, 6) is 0.183. The average molecular weight is 369 g/mol. The van der Waals surface area contributed by atoms with E-state index in [1.165, 1.54) is 12.4 Å². The highest BCUT2D eigenvalue weighted by atomic mass is 19.1. The molecular weight excluding hydrogens is 353 g/mol. The van der Waals surface area contributed by atoms with Gasteiger partial charge in [-0.25, -0.2) is 4.98 Å². The van der Waals surface area contributed by atoms with Crippen LogP contribution in [0.5, 0.6) is 0 Å². The van der Waals surface area contributed by atoms with E-state index in [9.17, 15) is 9.60 Å². The SMILES string of the molecule is Cc1c2c(-c3noc(CC4CCCO4)n3)ncn2c2cccc(F)c2[n+]1[O-]. The second-order valence-electron chi connectivity index (χ2n) is 6.65. The fourth-order valence-electron chi connectivity index (χ4n) is 3.64. The van der Waals surface area contributed by atoms with Gasteiger partial charge in [0.15, 0.2) is 5.82 Å². The first-order valence-electron chi connectivity index (χ1n) is 8.75. The lowest BCUT2D eigenvalue weighted by Gasteiger charge is -2.08. The molecule has 0 spiro atoms. The van der Waals surface area contributed by atoms with Crippen molar-refractivity contribution in [2.75, 3.05) is 6.61 Å². The van der Waals surface area contributed by atoms with E-state index in [1.807, 2.05) is 0 Å². The standard InChI is InChI=1S/C18H16FN5O3/c1-10-16-15(18-21-14(27-22-18)8-11-4-3-7-26-11)20-9-23(16)13-6-2-5-12(19)17(13)24(10)25/h2,5-6,9,11H,3-4,7-8H2,1H3. The van der Waals surface area contributed by atoms with Crippen molar-refractivity contribution >= 4 is 16.6 Å². The summed E-state index contributed by atoms with van der Waals surface area (Å²) < 4.78 is 27.4. The summed E-state index contributed by atoms with van der Waals surface area (Å²) in [6.07, 6.45) is 4.18. The van der Waals surface area contributed by atoms with Crippen molar-refractivity contribution < 1.29 is 18.4 Å². The number of hydrogen-bond acceptors (Lipinski definition) is 6. The van der Waals surface area contributed by atoms with E-state index in [1.54, 1.807) is 23.5 Å². The van der Waals surface area contributed by atoms with Crippen LogP contribution in [-0.2, 0) is 11.2 Å². The highest BCUT2D eigenvalue weighted by molar-refractivity contribution is 5.82. The number of fused-ring (bicyclic) bond motifs is 3. The van der Waals surface area contributed by atoms with E-state index in [2.05, 4.69) is 15.1 Å². The predicted molar refractivity (Wildman–Crippen MR) is 92.3 cm³/mol. The molecule has 8 nitrogen and oxygen atoms in total. The Labute approximate surface area is 152 Å². The number of ether oxygens (including phenoxy) is 1. The van der Waals surface area contributed by atoms with Gasteiger partial charge in [-0.2, -0.15) is 14.1 Å². The molecule has 1 aliphatic heterocycles. The predicted octanol–water partition coefficient (Wildman–Crippen LogP) is 2.34. The van der Waals surface area contributed by atoms with Crippen LogP contribution in [0.25, 0.3) is 28.1 Å². The number of aromatic nitrogens is 5. The first kappa shape index (κ1) is 16.1. The zero-order chi connectivity index (χ0) is 18.5. The first-order chi connectivity index (χ1) is 13.1. The van der Waals surface area contributed by atoms with Crippen LogP contribution in [-0.4, -0.2) is 32.2 Å². The Morgan fingerprint density at radius 3 is 3.11 bits per heavy atom. The Morgan fingerprint density at radius 2 is 2.30 bits per heavy atom. The number of aryl methyl sites for hydroxylation is 1. The zero-order valence-corrected chi connectivity index (χ0v) is 14.6. The zero-order valence-electron chi connectivity index (χ0n) is 14.6. The molecule has 138 valence electrons. The molecule has 1 aliphatic rings. The summed E-state index contributed by atoms with van der Waals surface area (Å²) in [6.45, 7) is 2.37. The van der Waals surface area contributed by atoms with Crippen LogP contribution in [0.1, 0.15) is 24.4 Å². The Morgan fingerprint density at radius 1 is 1.41 bits per heavy atom. The topological polar surface area (TPSA) is 92.4 Å². The molecule has 9 heteroatoms. The van der Waals surface area contributed by atoms with Crippen molar-refractivity contribution in [3.63, 3.8) is 0 Å². The van der Waals surface area contributed by atoms with Gasteiger partial charge in [-0.1, -0.05) is 11.2 Å². The number of benzene rings is 1. The van der Waals surface area contributed by atoms with Gasteiger partial charge in [0.2, 0.25) is 17.4 Å². The molecular formula is C18H16FN5O3. The third kappa shape index (κ3) is 2.46. The van der Waals surface area contributed by atoms with E-state index < -0.39 is 5.82 Å². The van der Waals surface area contributed by atoms with Crippen molar-refractivity contribution in [2.24, 2.45) is 0 Å². The summed E-state index contributed by atoms with van der Waals surface area (Å²) >= 11 is 0. The molecule has 1 fully saturated rings. The smallest absolute Gasteiger partial charge is 0.277 e. The first-order valence-corrected chi connectivity index (χ1v) is 8.75. The maximum atomic E-state index is 14.2. The Kier molecular flexibility index (Phi) is 3.57. The van der Waals surface area contributed by atoms with Crippen molar-refractivity contribution in [1.82, 2.24) is 19.5 Å². The fourth-order valence-corrected chi connectivity index (χ4v) is 3.64. The summed E-state index contributed by atoms with van der Waals surface area (Å²) in [6, 6.07) is 4.49. The lowest BCUT2D eigenvalue weighted by Crippen LogP contribution is -2.33. The van der Waals surface area contributed by atoms with Crippen molar-refractivity contribution in [3.8, 4) is 11.5 Å². The number of imidazole rings is 1. The summed E-state index contributed by atoms with van der Waals surface area (Å²) in [5, 5.41) is 16.7. The van der Waals surface area contributed by atoms with E-state index in [-0.39, 0.29) is 11.6 Å². The molecule has 0 bridgehead atoms. The lowest BCUT2D eigenvalue weighted by atomic mass is 10.2. The second-order valence-corrected chi connectivity index (χ2v) is 6.65. The van der Waals surface area contributed by atoms with Gasteiger partial charge in [0.1, 0.15) is 23.1 Å². The highest BCUT2D eigenvalue weighted by Crippen LogP contribution is 2.27. The fraction of sp³-hybridized carbons (Fsp3) is 0.333. The monoisotopic (exact) mass is 369 g/mol. The third-order valence-corrected chi connectivity index (χ3v) is 4.95. The maximum Gasteiger partial charge on any atom is 0.277 e. The van der Waals surface area contributed by atoms with Crippen molar-refractivity contribution in [2.45, 2.75) is 32.3 Å². The molecule has 1 unspecified atom stereocenters. The molecule has 3 aromatic heterocycles. The molecule has 4 aromatic rings. The van der Waals surface area contributed by atoms with Gasteiger partial charge in [-0.3, -0.25) is 4.40 Å². The molecule has 1 aromatic carbocycles. The van der Waals surface area contributed by atoms with Gasteiger partial charge in [0.05, 0.1) is 12.5 Å². The number of para-hydroxylation sites is 1. The van der Waals surface area contributed by atoms with E-state index >= 15 is 0 Å². The van der Waals surface area contributed by atoms with Crippen LogP contribution in [0, 0.1) is 17.9 Å². The Bertz CT molecular complexity index is 1160. The van der Waals surface area contributed by atoms with Gasteiger partial charge in [0, 0.05) is 13.5 Å². The molecule has 0 radical (unpaired) electrons. The molecule has 27 heavy (non-hydrogen) atoms. The highest BCUT2D eigenvalue weighted by Gasteiger charge is 2.25. The number of rotatable bonds is 3. The summed E-state index contributed by atoms with van der Waals surface area (Å²) in [7, 11) is 0. The number of hydrogen-bond donors (Lipinski definition) is 0. The van der Waals surface area contributed by atoms with Gasteiger partial charge in [-0.15, -0.1) is 0 Å². The van der Waals surface area contributed by atoms with Gasteiger partial charge in [-0.05, 0) is 25.0 Å². The third-order valence-electron chi connectivity index (χ3n) is 4.95. The Balaban J connectivity index is 1.64. The second kappa shape index (κ2) is 5.98. The van der Waals surface area contributed by atoms with E-state index in [0.29, 0.717) is 45.3 Å². The molecule has 4 heterocycles.